The maximum absolute atomic E-state index is 12.6. The Morgan fingerprint density at radius 1 is 1.16 bits per heavy atom. The Morgan fingerprint density at radius 2 is 1.84 bits per heavy atom. The molecule has 0 unspecified atom stereocenters. The molecule has 0 radical (unpaired) electrons. The van der Waals surface area contributed by atoms with Gasteiger partial charge in [0, 0.05) is 6.92 Å². The minimum absolute atomic E-state index is 0.129. The third-order valence-corrected chi connectivity index (χ3v) is 4.51. The highest BCUT2D eigenvalue weighted by Gasteiger charge is 2.20. The number of aromatic nitrogens is 2. The van der Waals surface area contributed by atoms with Gasteiger partial charge in [0.1, 0.15) is 11.3 Å². The van der Waals surface area contributed by atoms with Crippen molar-refractivity contribution in [3.63, 3.8) is 0 Å². The molecule has 0 spiro atoms. The van der Waals surface area contributed by atoms with E-state index in [4.69, 9.17) is 4.74 Å². The summed E-state index contributed by atoms with van der Waals surface area (Å²) in [7, 11) is 1.51. The molecule has 160 valence electrons. The van der Waals surface area contributed by atoms with Gasteiger partial charge in [-0.25, -0.2) is 9.36 Å². The lowest BCUT2D eigenvalue weighted by molar-refractivity contribution is -0.114. The first kappa shape index (κ1) is 21.6. The van der Waals surface area contributed by atoms with Gasteiger partial charge in [0.15, 0.2) is 0 Å². The number of nitrogens with one attached hydrogen (secondary N) is 2. The van der Waals surface area contributed by atoms with Gasteiger partial charge in [-0.1, -0.05) is 19.1 Å². The van der Waals surface area contributed by atoms with Crippen molar-refractivity contribution in [3.8, 4) is 17.3 Å². The summed E-state index contributed by atoms with van der Waals surface area (Å²) < 4.78 is 6.10. The molecule has 9 nitrogen and oxygen atoms in total. The van der Waals surface area contributed by atoms with Crippen LogP contribution in [0.3, 0.4) is 0 Å². The van der Waals surface area contributed by atoms with E-state index in [1.165, 1.54) is 14.0 Å². The van der Waals surface area contributed by atoms with Crippen LogP contribution in [0.15, 0.2) is 63.1 Å². The smallest absolute Gasteiger partial charge is 0.335 e. The van der Waals surface area contributed by atoms with Crippen molar-refractivity contribution in [2.24, 2.45) is 4.99 Å². The second-order valence-electron chi connectivity index (χ2n) is 6.60. The van der Waals surface area contributed by atoms with Gasteiger partial charge in [0.05, 0.1) is 29.9 Å². The zero-order valence-corrected chi connectivity index (χ0v) is 17.3. The van der Waals surface area contributed by atoms with E-state index < -0.39 is 17.1 Å². The van der Waals surface area contributed by atoms with Crippen LogP contribution in [0.1, 0.15) is 25.8 Å². The zero-order valence-electron chi connectivity index (χ0n) is 17.3. The van der Waals surface area contributed by atoms with Gasteiger partial charge in [-0.3, -0.25) is 19.6 Å². The zero-order chi connectivity index (χ0) is 22.5. The SMILES string of the molecule is CCC(=Nc1ccccc1NC(C)=O)c1c(O)n(-c2ccc(OC)cc2)c(=O)[nH]c1=O. The maximum Gasteiger partial charge on any atom is 0.335 e. The predicted molar refractivity (Wildman–Crippen MR) is 118 cm³/mol. The van der Waals surface area contributed by atoms with Crippen LogP contribution in [-0.4, -0.2) is 33.4 Å². The molecule has 0 saturated heterocycles. The summed E-state index contributed by atoms with van der Waals surface area (Å²) in [6.07, 6.45) is 0.284. The first-order valence-electron chi connectivity index (χ1n) is 9.53. The van der Waals surface area contributed by atoms with Crippen molar-refractivity contribution in [1.82, 2.24) is 9.55 Å². The third kappa shape index (κ3) is 4.55. The highest BCUT2D eigenvalue weighted by atomic mass is 16.5. The van der Waals surface area contributed by atoms with Crippen LogP contribution in [0.25, 0.3) is 5.69 Å². The number of aliphatic imine (C=N–C) groups is 1. The van der Waals surface area contributed by atoms with E-state index in [1.54, 1.807) is 55.5 Å². The van der Waals surface area contributed by atoms with Gasteiger partial charge in [-0.15, -0.1) is 0 Å². The lowest BCUT2D eigenvalue weighted by Crippen LogP contribution is -2.33. The van der Waals surface area contributed by atoms with E-state index in [0.717, 1.165) is 4.57 Å². The van der Waals surface area contributed by atoms with E-state index in [0.29, 0.717) is 22.8 Å². The molecule has 0 aliphatic carbocycles. The Kier molecular flexibility index (Phi) is 6.35. The standard InChI is InChI=1S/C22H22N4O5/c1-4-16(24-18-8-6-5-7-17(18)23-13(2)27)19-20(28)25-22(30)26(21(19)29)14-9-11-15(31-3)12-10-14/h5-12,29H,4H2,1-3H3,(H,23,27)(H,25,28,30). The molecule has 0 saturated carbocycles. The predicted octanol–water partition coefficient (Wildman–Crippen LogP) is 2.73. The third-order valence-electron chi connectivity index (χ3n) is 4.51. The number of aromatic amines is 1. The van der Waals surface area contributed by atoms with E-state index in [2.05, 4.69) is 15.3 Å². The van der Waals surface area contributed by atoms with Crippen molar-refractivity contribution < 1.29 is 14.6 Å². The Balaban J connectivity index is 2.19. The highest BCUT2D eigenvalue weighted by molar-refractivity contribution is 6.04. The number of aromatic hydroxyl groups is 1. The Morgan fingerprint density at radius 3 is 2.45 bits per heavy atom. The molecule has 2 aromatic carbocycles. The first-order valence-corrected chi connectivity index (χ1v) is 9.53. The van der Waals surface area contributed by atoms with Crippen molar-refractivity contribution in [2.45, 2.75) is 20.3 Å². The largest absolute Gasteiger partial charge is 0.497 e. The average molecular weight is 422 g/mol. The number of hydrogen-bond donors (Lipinski definition) is 3. The molecule has 1 heterocycles. The van der Waals surface area contributed by atoms with E-state index >= 15 is 0 Å². The number of H-pyrrole nitrogens is 1. The minimum Gasteiger partial charge on any atom is -0.497 e. The van der Waals surface area contributed by atoms with E-state index in [-0.39, 0.29) is 23.6 Å². The fourth-order valence-corrected chi connectivity index (χ4v) is 3.08. The van der Waals surface area contributed by atoms with Gasteiger partial charge in [-0.2, -0.15) is 0 Å². The monoisotopic (exact) mass is 422 g/mol. The Bertz CT molecular complexity index is 1260. The lowest BCUT2D eigenvalue weighted by atomic mass is 10.1. The number of ether oxygens (including phenoxy) is 1. The second kappa shape index (κ2) is 9.12. The van der Waals surface area contributed by atoms with Crippen molar-refractivity contribution >= 4 is 23.0 Å². The number of amides is 1. The number of carbonyl (C=O) groups excluding carboxylic acids is 1. The fraction of sp³-hybridized carbons (Fsp3) is 0.182. The number of nitrogens with zero attached hydrogens (tertiary/aromatic N) is 2. The normalized spacial score (nSPS) is 11.3. The summed E-state index contributed by atoms with van der Waals surface area (Å²) in [5.41, 5.74) is -0.212. The number of anilines is 1. The number of rotatable bonds is 6. The van der Waals surface area contributed by atoms with Gasteiger partial charge >= 0.3 is 5.69 Å². The molecule has 0 aliphatic rings. The molecule has 0 fully saturated rings. The molecule has 31 heavy (non-hydrogen) atoms. The van der Waals surface area contributed by atoms with Crippen LogP contribution in [0.4, 0.5) is 11.4 Å². The molecule has 0 aliphatic heterocycles. The van der Waals surface area contributed by atoms with Crippen LogP contribution >= 0.6 is 0 Å². The second-order valence-corrected chi connectivity index (χ2v) is 6.60. The summed E-state index contributed by atoms with van der Waals surface area (Å²) in [4.78, 5) is 43.3. The molecule has 1 amide bonds. The van der Waals surface area contributed by atoms with Crippen LogP contribution in [0.5, 0.6) is 11.6 Å². The van der Waals surface area contributed by atoms with Crippen molar-refractivity contribution in [3.05, 3.63) is 74.9 Å². The average Bonchev–Trinajstić information content (AvgIpc) is 2.74. The topological polar surface area (TPSA) is 126 Å². The number of hydrogen-bond acceptors (Lipinski definition) is 6. The summed E-state index contributed by atoms with van der Waals surface area (Å²) >= 11 is 0. The van der Waals surface area contributed by atoms with Crippen LogP contribution in [0, 0.1) is 0 Å². The summed E-state index contributed by atoms with van der Waals surface area (Å²) in [5.74, 6) is -0.225. The molecule has 0 atom stereocenters. The number of carbonyl (C=O) groups is 1. The van der Waals surface area contributed by atoms with Crippen LogP contribution < -0.4 is 21.3 Å². The molecule has 3 aromatic rings. The Hall–Kier alpha value is -4.14. The number of benzene rings is 2. The lowest BCUT2D eigenvalue weighted by Gasteiger charge is -2.13. The molecule has 3 rings (SSSR count). The van der Waals surface area contributed by atoms with E-state index in [1.807, 2.05) is 0 Å². The quantitative estimate of drug-likeness (QED) is 0.527. The molecule has 0 bridgehead atoms. The summed E-state index contributed by atoms with van der Waals surface area (Å²) in [6.45, 7) is 3.14. The van der Waals surface area contributed by atoms with E-state index in [9.17, 15) is 19.5 Å². The fourth-order valence-electron chi connectivity index (χ4n) is 3.08. The molecule has 3 N–H and O–H groups in total. The van der Waals surface area contributed by atoms with Crippen molar-refractivity contribution in [2.75, 3.05) is 12.4 Å². The first-order chi connectivity index (χ1) is 14.8. The summed E-state index contributed by atoms with van der Waals surface area (Å²) in [5, 5.41) is 13.6. The van der Waals surface area contributed by atoms with Gasteiger partial charge in [0.25, 0.3) is 5.56 Å². The molecular weight excluding hydrogens is 400 g/mol. The molecule has 1 aromatic heterocycles. The maximum atomic E-state index is 12.6. The van der Waals surface area contributed by atoms with Crippen LogP contribution in [0.2, 0.25) is 0 Å². The summed E-state index contributed by atoms with van der Waals surface area (Å²) in [6, 6.07) is 13.2. The van der Waals surface area contributed by atoms with Gasteiger partial charge in [0.2, 0.25) is 11.8 Å². The van der Waals surface area contributed by atoms with Crippen molar-refractivity contribution in [1.29, 1.82) is 0 Å². The van der Waals surface area contributed by atoms with Gasteiger partial charge in [-0.05, 0) is 42.8 Å². The number of methoxy groups -OCH3 is 1. The minimum atomic E-state index is -0.787. The number of para-hydroxylation sites is 2. The molecule has 9 heteroatoms. The van der Waals surface area contributed by atoms with Crippen LogP contribution in [-0.2, 0) is 4.79 Å². The Labute approximate surface area is 177 Å². The highest BCUT2D eigenvalue weighted by Crippen LogP contribution is 2.27. The van der Waals surface area contributed by atoms with Gasteiger partial charge < -0.3 is 15.2 Å². The molecular formula is C22H22N4O5.